The molecule has 3 aromatic rings. The fraction of sp³-hybridized carbons (Fsp3) is 0.0769. The van der Waals surface area contributed by atoms with Gasteiger partial charge in [0, 0.05) is 24.3 Å². The van der Waals surface area contributed by atoms with Gasteiger partial charge < -0.3 is 5.11 Å². The van der Waals surface area contributed by atoms with Crippen molar-refractivity contribution in [1.82, 2.24) is 19.7 Å². The lowest BCUT2D eigenvalue weighted by Crippen LogP contribution is -2.02. The molecule has 0 amide bonds. The van der Waals surface area contributed by atoms with Crippen LogP contribution in [0, 0.1) is 0 Å². The summed E-state index contributed by atoms with van der Waals surface area (Å²) in [5.41, 5.74) is 0.771. The first kappa shape index (κ1) is 14.0. The molecule has 3 heterocycles. The fourth-order valence-electron chi connectivity index (χ4n) is 1.88. The van der Waals surface area contributed by atoms with Crippen molar-refractivity contribution >= 4 is 44.7 Å². The predicted molar refractivity (Wildman–Crippen MR) is 81.5 cm³/mol. The Morgan fingerprint density at radius 1 is 1.38 bits per heavy atom. The molecule has 106 valence electrons. The number of pyridine rings is 2. The first-order valence-electron chi connectivity index (χ1n) is 5.90. The Balaban J connectivity index is 2.21. The van der Waals surface area contributed by atoms with E-state index in [2.05, 4.69) is 31.0 Å². The van der Waals surface area contributed by atoms with Gasteiger partial charge >= 0.3 is 5.97 Å². The zero-order valence-corrected chi connectivity index (χ0v) is 13.2. The van der Waals surface area contributed by atoms with Gasteiger partial charge in [-0.2, -0.15) is 5.10 Å². The molecule has 0 saturated carbocycles. The minimum Gasteiger partial charge on any atom is -0.478 e. The molecule has 0 aliphatic carbocycles. The van der Waals surface area contributed by atoms with Crippen molar-refractivity contribution in [3.63, 3.8) is 0 Å². The maximum atomic E-state index is 11.4. The van der Waals surface area contributed by atoms with Gasteiger partial charge in [0.05, 0.1) is 21.6 Å². The number of nitrogens with zero attached hydrogens (tertiary/aromatic N) is 4. The molecule has 0 unspecified atom stereocenters. The lowest BCUT2D eigenvalue weighted by Gasteiger charge is -2.07. The van der Waals surface area contributed by atoms with Crippen molar-refractivity contribution in [3.05, 3.63) is 40.8 Å². The van der Waals surface area contributed by atoms with Crippen LogP contribution in [0.4, 0.5) is 0 Å². The molecule has 3 aromatic heterocycles. The largest absolute Gasteiger partial charge is 0.478 e. The van der Waals surface area contributed by atoms with Crippen LogP contribution in [0.25, 0.3) is 11.0 Å². The van der Waals surface area contributed by atoms with E-state index in [1.807, 2.05) is 6.07 Å². The molecule has 6 nitrogen and oxygen atoms in total. The third-order valence-corrected chi connectivity index (χ3v) is 4.93. The van der Waals surface area contributed by atoms with Crippen LogP contribution in [-0.2, 0) is 7.05 Å². The maximum absolute atomic E-state index is 11.4. The number of hydrogen-bond donors (Lipinski definition) is 1. The van der Waals surface area contributed by atoms with E-state index in [4.69, 9.17) is 0 Å². The molecule has 3 rings (SSSR count). The van der Waals surface area contributed by atoms with Gasteiger partial charge in [0.15, 0.2) is 5.65 Å². The van der Waals surface area contributed by atoms with Crippen LogP contribution in [-0.4, -0.2) is 30.8 Å². The number of hydrogen-bond acceptors (Lipinski definition) is 5. The van der Waals surface area contributed by atoms with Gasteiger partial charge in [-0.05, 0) is 28.1 Å². The fourth-order valence-corrected chi connectivity index (χ4v) is 3.35. The third-order valence-electron chi connectivity index (χ3n) is 2.87. The van der Waals surface area contributed by atoms with Gasteiger partial charge in [-0.25, -0.2) is 14.8 Å². The molecule has 0 spiro atoms. The minimum atomic E-state index is -1.03. The topological polar surface area (TPSA) is 80.9 Å². The van der Waals surface area contributed by atoms with E-state index in [9.17, 15) is 9.90 Å². The van der Waals surface area contributed by atoms with Gasteiger partial charge in [-0.3, -0.25) is 4.68 Å². The van der Waals surface area contributed by atoms with E-state index in [0.29, 0.717) is 21.0 Å². The Morgan fingerprint density at radius 3 is 2.90 bits per heavy atom. The summed E-state index contributed by atoms with van der Waals surface area (Å²) < 4.78 is 2.42. The normalized spacial score (nSPS) is 11.0. The highest BCUT2D eigenvalue weighted by Crippen LogP contribution is 2.37. The molecule has 8 heteroatoms. The van der Waals surface area contributed by atoms with Crippen LogP contribution in [0.1, 0.15) is 10.4 Å². The van der Waals surface area contributed by atoms with Gasteiger partial charge in [0.1, 0.15) is 5.03 Å². The van der Waals surface area contributed by atoms with Crippen molar-refractivity contribution in [2.75, 3.05) is 0 Å². The minimum absolute atomic E-state index is 0.137. The van der Waals surface area contributed by atoms with E-state index in [-0.39, 0.29) is 5.56 Å². The molecule has 0 aliphatic rings. The average Bonchev–Trinajstić information content (AvgIpc) is 2.83. The van der Waals surface area contributed by atoms with Crippen LogP contribution in [0.5, 0.6) is 0 Å². The summed E-state index contributed by atoms with van der Waals surface area (Å²) in [4.78, 5) is 20.4. The standard InChI is InChI=1S/C13H9BrN4O2S/c1-18-11-7(6-17-18)10(8(5-16-11)13(19)20)21-12-9(14)3-2-4-15-12/h2-6H,1H3,(H,19,20). The highest BCUT2D eigenvalue weighted by molar-refractivity contribution is 9.10. The first-order valence-corrected chi connectivity index (χ1v) is 7.51. The molecule has 1 N–H and O–H groups in total. The summed E-state index contributed by atoms with van der Waals surface area (Å²) in [6.07, 6.45) is 4.63. The molecular formula is C13H9BrN4O2S. The summed E-state index contributed by atoms with van der Waals surface area (Å²) in [6, 6.07) is 3.66. The van der Waals surface area contributed by atoms with Crippen LogP contribution < -0.4 is 0 Å². The molecule has 0 bridgehead atoms. The smallest absolute Gasteiger partial charge is 0.338 e. The Labute approximate surface area is 132 Å². The number of rotatable bonds is 3. The van der Waals surface area contributed by atoms with E-state index in [1.165, 1.54) is 18.0 Å². The average molecular weight is 365 g/mol. The zero-order valence-electron chi connectivity index (χ0n) is 10.8. The van der Waals surface area contributed by atoms with Crippen molar-refractivity contribution < 1.29 is 9.90 Å². The third kappa shape index (κ3) is 2.52. The van der Waals surface area contributed by atoms with Crippen LogP contribution in [0.2, 0.25) is 0 Å². The Hall–Kier alpha value is -1.93. The Bertz CT molecular complexity index is 849. The first-order chi connectivity index (χ1) is 10.1. The molecule has 0 saturated heterocycles. The lowest BCUT2D eigenvalue weighted by molar-refractivity contribution is 0.0693. The summed E-state index contributed by atoms with van der Waals surface area (Å²) in [5, 5.41) is 14.9. The van der Waals surface area contributed by atoms with Crippen LogP contribution in [0.15, 0.2) is 45.1 Å². The summed E-state index contributed by atoms with van der Waals surface area (Å²) in [5.74, 6) is -1.03. The lowest BCUT2D eigenvalue weighted by atomic mass is 10.2. The van der Waals surface area contributed by atoms with E-state index < -0.39 is 5.97 Å². The van der Waals surface area contributed by atoms with Gasteiger partial charge in [0.25, 0.3) is 0 Å². The number of aromatic nitrogens is 4. The SMILES string of the molecule is Cn1ncc2c(Sc3ncccc3Br)c(C(=O)O)cnc21. The number of carbonyl (C=O) groups is 1. The summed E-state index contributed by atoms with van der Waals surface area (Å²) in [7, 11) is 1.76. The molecule has 0 atom stereocenters. The highest BCUT2D eigenvalue weighted by atomic mass is 79.9. The second-order valence-electron chi connectivity index (χ2n) is 4.20. The van der Waals surface area contributed by atoms with Gasteiger partial charge in [0.2, 0.25) is 0 Å². The number of aromatic carboxylic acids is 1. The van der Waals surface area contributed by atoms with E-state index >= 15 is 0 Å². The molecule has 0 fully saturated rings. The Kier molecular flexibility index (Phi) is 3.64. The number of fused-ring (bicyclic) bond motifs is 1. The van der Waals surface area contributed by atoms with Gasteiger partial charge in [-0.1, -0.05) is 11.8 Å². The van der Waals surface area contributed by atoms with Crippen molar-refractivity contribution in [1.29, 1.82) is 0 Å². The molecule has 0 aromatic carbocycles. The maximum Gasteiger partial charge on any atom is 0.338 e. The number of halogens is 1. The molecule has 21 heavy (non-hydrogen) atoms. The second kappa shape index (κ2) is 5.45. The van der Waals surface area contributed by atoms with Crippen LogP contribution >= 0.6 is 27.7 Å². The molecular weight excluding hydrogens is 356 g/mol. The number of aryl methyl sites for hydroxylation is 1. The quantitative estimate of drug-likeness (QED) is 0.769. The van der Waals surface area contributed by atoms with Crippen molar-refractivity contribution in [2.24, 2.45) is 7.05 Å². The second-order valence-corrected chi connectivity index (χ2v) is 6.06. The van der Waals surface area contributed by atoms with Gasteiger partial charge in [-0.15, -0.1) is 0 Å². The van der Waals surface area contributed by atoms with Crippen molar-refractivity contribution in [3.8, 4) is 0 Å². The molecule has 0 radical (unpaired) electrons. The number of carboxylic acid groups (broad SMARTS) is 1. The summed E-state index contributed by atoms with van der Waals surface area (Å²) >= 11 is 4.70. The van der Waals surface area contributed by atoms with E-state index in [0.717, 1.165) is 4.47 Å². The van der Waals surface area contributed by atoms with Crippen LogP contribution in [0.3, 0.4) is 0 Å². The zero-order chi connectivity index (χ0) is 15.0. The highest BCUT2D eigenvalue weighted by Gasteiger charge is 2.19. The molecule has 0 aliphatic heterocycles. The predicted octanol–water partition coefficient (Wildman–Crippen LogP) is 2.98. The van der Waals surface area contributed by atoms with E-state index in [1.54, 1.807) is 30.2 Å². The summed E-state index contributed by atoms with van der Waals surface area (Å²) in [6.45, 7) is 0. The monoisotopic (exact) mass is 364 g/mol. The Morgan fingerprint density at radius 2 is 2.19 bits per heavy atom. The number of carboxylic acids is 1. The van der Waals surface area contributed by atoms with Crippen molar-refractivity contribution in [2.45, 2.75) is 9.92 Å².